The van der Waals surface area contributed by atoms with Crippen molar-refractivity contribution in [2.24, 2.45) is 0 Å². The lowest BCUT2D eigenvalue weighted by Crippen LogP contribution is -2.26. The van der Waals surface area contributed by atoms with Crippen LogP contribution in [0.1, 0.15) is 23.7 Å². The number of nitrogens with zero attached hydrogens (tertiary/aromatic N) is 1. The Bertz CT molecular complexity index is 1040. The molecule has 8 heteroatoms. The van der Waals surface area contributed by atoms with Crippen molar-refractivity contribution in [1.82, 2.24) is 4.98 Å². The summed E-state index contributed by atoms with van der Waals surface area (Å²) in [4.78, 5) is 15.8. The van der Waals surface area contributed by atoms with Crippen molar-refractivity contribution >= 4 is 28.9 Å². The zero-order valence-corrected chi connectivity index (χ0v) is 18.1. The van der Waals surface area contributed by atoms with Crippen molar-refractivity contribution in [2.75, 3.05) is 6.61 Å². The van der Waals surface area contributed by atoms with Crippen LogP contribution in [-0.2, 0) is 22.6 Å². The Morgan fingerprint density at radius 2 is 2.10 bits per heavy atom. The molecule has 0 radical (unpaired) electrons. The van der Waals surface area contributed by atoms with Gasteiger partial charge in [0, 0.05) is 24.0 Å². The first-order chi connectivity index (χ1) is 14.4. The zero-order chi connectivity index (χ0) is 21.7. The van der Waals surface area contributed by atoms with E-state index in [0.717, 1.165) is 27.4 Å². The Morgan fingerprint density at radius 3 is 2.77 bits per heavy atom. The van der Waals surface area contributed by atoms with E-state index < -0.39 is 17.9 Å². The molecule has 1 aromatic heterocycles. The Balaban J connectivity index is 1.64. The highest BCUT2D eigenvalue weighted by Gasteiger charge is 2.19. The predicted octanol–water partition coefficient (Wildman–Crippen LogP) is 5.52. The number of thiazole rings is 1. The van der Waals surface area contributed by atoms with E-state index in [9.17, 15) is 14.3 Å². The van der Waals surface area contributed by atoms with Crippen molar-refractivity contribution in [1.29, 1.82) is 0 Å². The molecule has 1 atom stereocenters. The van der Waals surface area contributed by atoms with Gasteiger partial charge in [0.15, 0.2) is 6.10 Å². The van der Waals surface area contributed by atoms with Crippen LogP contribution in [0.5, 0.6) is 5.75 Å². The minimum Gasteiger partial charge on any atom is -0.487 e. The van der Waals surface area contributed by atoms with Crippen LogP contribution >= 0.6 is 22.9 Å². The SMILES string of the molecule is CCO[C@@H](Cc1ccc(OCc2csc(-c3ccc(F)c(Cl)c3)n2)cc1C)C(=O)O. The minimum atomic E-state index is -0.974. The second kappa shape index (κ2) is 10.0. The van der Waals surface area contributed by atoms with E-state index in [2.05, 4.69) is 4.98 Å². The number of ether oxygens (including phenoxy) is 2. The van der Waals surface area contributed by atoms with Crippen LogP contribution in [0.15, 0.2) is 41.8 Å². The van der Waals surface area contributed by atoms with E-state index >= 15 is 0 Å². The second-order valence-corrected chi connectivity index (χ2v) is 7.90. The van der Waals surface area contributed by atoms with Gasteiger partial charge >= 0.3 is 5.97 Å². The lowest BCUT2D eigenvalue weighted by Gasteiger charge is -2.15. The van der Waals surface area contributed by atoms with E-state index in [0.29, 0.717) is 18.8 Å². The highest BCUT2D eigenvalue weighted by atomic mass is 35.5. The average Bonchev–Trinajstić information content (AvgIpc) is 3.18. The molecule has 30 heavy (non-hydrogen) atoms. The van der Waals surface area contributed by atoms with Crippen molar-refractivity contribution in [3.05, 3.63) is 69.4 Å². The fourth-order valence-corrected chi connectivity index (χ4v) is 3.88. The summed E-state index contributed by atoms with van der Waals surface area (Å²) in [7, 11) is 0. The molecule has 3 rings (SSSR count). The molecule has 0 saturated heterocycles. The number of aryl methyl sites for hydroxylation is 1. The quantitative estimate of drug-likeness (QED) is 0.465. The first kappa shape index (κ1) is 22.2. The van der Waals surface area contributed by atoms with Crippen LogP contribution in [0.4, 0.5) is 4.39 Å². The predicted molar refractivity (Wildman–Crippen MR) is 115 cm³/mol. The molecule has 0 aliphatic rings. The lowest BCUT2D eigenvalue weighted by molar-refractivity contribution is -0.149. The third-order valence-electron chi connectivity index (χ3n) is 4.47. The highest BCUT2D eigenvalue weighted by molar-refractivity contribution is 7.13. The van der Waals surface area contributed by atoms with E-state index in [1.165, 1.54) is 17.4 Å². The molecular weight excluding hydrogens is 429 g/mol. The standard InChI is InChI=1S/C22H21ClFNO4S/c1-3-28-20(22(26)27)10-14-4-6-17(8-13(14)2)29-11-16-12-30-21(25-16)15-5-7-19(24)18(23)9-15/h4-9,12,20H,3,10-11H2,1-2H3,(H,26,27)/t20-/m0/s1. The first-order valence-corrected chi connectivity index (χ1v) is 10.6. The van der Waals surface area contributed by atoms with E-state index in [-0.39, 0.29) is 11.6 Å². The maximum Gasteiger partial charge on any atom is 0.333 e. The van der Waals surface area contributed by atoms with Gasteiger partial charge in [0.05, 0.1) is 10.7 Å². The van der Waals surface area contributed by atoms with Crippen LogP contribution in [0.2, 0.25) is 5.02 Å². The molecule has 0 unspecified atom stereocenters. The molecule has 3 aromatic rings. The third kappa shape index (κ3) is 5.56. The summed E-state index contributed by atoms with van der Waals surface area (Å²) in [5.41, 5.74) is 3.32. The van der Waals surface area contributed by atoms with Gasteiger partial charge in [-0.2, -0.15) is 0 Å². The maximum absolute atomic E-state index is 13.3. The monoisotopic (exact) mass is 449 g/mol. The minimum absolute atomic E-state index is 0.0607. The van der Waals surface area contributed by atoms with Crippen LogP contribution < -0.4 is 4.74 Å². The number of rotatable bonds is 9. The summed E-state index contributed by atoms with van der Waals surface area (Å²) in [6, 6.07) is 10.0. The largest absolute Gasteiger partial charge is 0.487 e. The Hall–Kier alpha value is -2.48. The van der Waals surface area contributed by atoms with Gasteiger partial charge in [0.1, 0.15) is 23.2 Å². The van der Waals surface area contributed by atoms with Gasteiger partial charge in [0.2, 0.25) is 0 Å². The van der Waals surface area contributed by atoms with Crippen LogP contribution in [0.25, 0.3) is 10.6 Å². The Morgan fingerprint density at radius 1 is 1.30 bits per heavy atom. The van der Waals surface area contributed by atoms with Gasteiger partial charge < -0.3 is 14.6 Å². The zero-order valence-electron chi connectivity index (χ0n) is 16.5. The molecule has 0 amide bonds. The van der Waals surface area contributed by atoms with Gasteiger partial charge in [-0.25, -0.2) is 14.2 Å². The third-order valence-corrected chi connectivity index (χ3v) is 5.70. The number of hydrogen-bond donors (Lipinski definition) is 1. The summed E-state index contributed by atoms with van der Waals surface area (Å²) >= 11 is 7.27. The van der Waals surface area contributed by atoms with Crippen LogP contribution in [-0.4, -0.2) is 28.8 Å². The Labute approximate surface area is 183 Å². The topological polar surface area (TPSA) is 68.7 Å². The molecule has 0 aliphatic heterocycles. The van der Waals surface area contributed by atoms with Gasteiger partial charge in [-0.3, -0.25) is 0 Å². The highest BCUT2D eigenvalue weighted by Crippen LogP contribution is 2.28. The number of aromatic nitrogens is 1. The summed E-state index contributed by atoms with van der Waals surface area (Å²) in [6.45, 7) is 4.30. The molecule has 0 bridgehead atoms. The van der Waals surface area contributed by atoms with Crippen molar-refractivity contribution in [2.45, 2.75) is 33.0 Å². The number of carboxylic acids is 1. The van der Waals surface area contributed by atoms with Crippen molar-refractivity contribution in [3.8, 4) is 16.3 Å². The van der Waals surface area contributed by atoms with E-state index in [1.807, 2.05) is 24.4 Å². The fourth-order valence-electron chi connectivity index (χ4n) is 2.90. The normalized spacial score (nSPS) is 12.0. The number of benzene rings is 2. The molecule has 1 heterocycles. The molecule has 0 spiro atoms. The molecule has 158 valence electrons. The molecule has 1 N–H and O–H groups in total. The van der Waals surface area contributed by atoms with Crippen LogP contribution in [0, 0.1) is 12.7 Å². The average molecular weight is 450 g/mol. The van der Waals surface area contributed by atoms with Crippen molar-refractivity contribution in [3.63, 3.8) is 0 Å². The van der Waals surface area contributed by atoms with Crippen LogP contribution in [0.3, 0.4) is 0 Å². The van der Waals surface area contributed by atoms with Gasteiger partial charge in [-0.1, -0.05) is 17.7 Å². The summed E-state index contributed by atoms with van der Waals surface area (Å²) in [6.07, 6.45) is -0.570. The maximum atomic E-state index is 13.3. The number of hydrogen-bond acceptors (Lipinski definition) is 5. The number of carboxylic acid groups (broad SMARTS) is 1. The Kier molecular flexibility index (Phi) is 7.42. The molecule has 5 nitrogen and oxygen atoms in total. The smallest absolute Gasteiger partial charge is 0.333 e. The molecule has 0 fully saturated rings. The molecule has 0 aliphatic carbocycles. The van der Waals surface area contributed by atoms with Gasteiger partial charge in [-0.05, 0) is 55.3 Å². The lowest BCUT2D eigenvalue weighted by atomic mass is 10.0. The van der Waals surface area contributed by atoms with Gasteiger partial charge in [-0.15, -0.1) is 11.3 Å². The fraction of sp³-hybridized carbons (Fsp3) is 0.273. The number of halogens is 2. The molecular formula is C22H21ClFNO4S. The summed E-state index contributed by atoms with van der Waals surface area (Å²) < 4.78 is 24.4. The molecule has 0 saturated carbocycles. The van der Waals surface area contributed by atoms with Crippen molar-refractivity contribution < 1.29 is 23.8 Å². The number of aliphatic carboxylic acids is 1. The van der Waals surface area contributed by atoms with E-state index in [1.54, 1.807) is 25.1 Å². The second-order valence-electron chi connectivity index (χ2n) is 6.64. The molecule has 2 aromatic carbocycles. The first-order valence-electron chi connectivity index (χ1n) is 9.34. The summed E-state index contributed by atoms with van der Waals surface area (Å²) in [5.74, 6) is -0.771. The summed E-state index contributed by atoms with van der Waals surface area (Å²) in [5, 5.41) is 11.9. The number of carbonyl (C=O) groups is 1. The van der Waals surface area contributed by atoms with E-state index in [4.69, 9.17) is 21.1 Å². The van der Waals surface area contributed by atoms with Gasteiger partial charge in [0.25, 0.3) is 0 Å².